The number of benzene rings is 1. The number of carbonyl (C=O) groups is 1. The van der Waals surface area contributed by atoms with Crippen LogP contribution in [0.1, 0.15) is 38.5 Å². The van der Waals surface area contributed by atoms with Crippen LogP contribution in [0.4, 0.5) is 11.4 Å². The maximum Gasteiger partial charge on any atom is 0.292 e. The van der Waals surface area contributed by atoms with Crippen molar-refractivity contribution in [2.45, 2.75) is 38.5 Å². The molecule has 2 N–H and O–H groups in total. The fourth-order valence-electron chi connectivity index (χ4n) is 2.91. The van der Waals surface area contributed by atoms with Gasteiger partial charge in [-0.1, -0.05) is 31.4 Å². The summed E-state index contributed by atoms with van der Waals surface area (Å²) in [5.74, 6) is 0.605. The number of rotatable bonds is 7. The summed E-state index contributed by atoms with van der Waals surface area (Å²) in [4.78, 5) is 22.3. The third-order valence-corrected chi connectivity index (χ3v) is 4.06. The monoisotopic (exact) mass is 305 g/mol. The molecule has 1 aromatic rings. The lowest BCUT2D eigenvalue weighted by Crippen LogP contribution is -2.30. The highest BCUT2D eigenvalue weighted by Gasteiger charge is 2.16. The van der Waals surface area contributed by atoms with Gasteiger partial charge in [0.1, 0.15) is 5.69 Å². The van der Waals surface area contributed by atoms with Gasteiger partial charge in [-0.15, -0.1) is 0 Å². The largest absolute Gasteiger partial charge is 0.378 e. The SMILES string of the molecule is O=C(CC1CCCCC1)NCCNc1ccccc1[N+](=O)[O-]. The van der Waals surface area contributed by atoms with Crippen molar-refractivity contribution in [3.05, 3.63) is 34.4 Å². The topological polar surface area (TPSA) is 84.3 Å². The molecule has 1 fully saturated rings. The summed E-state index contributed by atoms with van der Waals surface area (Å²) in [7, 11) is 0. The lowest BCUT2D eigenvalue weighted by molar-refractivity contribution is -0.384. The molecule has 1 saturated carbocycles. The van der Waals surface area contributed by atoms with Crippen LogP contribution in [0, 0.1) is 16.0 Å². The number of hydrogen-bond donors (Lipinski definition) is 2. The van der Waals surface area contributed by atoms with Crippen molar-refractivity contribution in [2.24, 2.45) is 5.92 Å². The lowest BCUT2D eigenvalue weighted by atomic mass is 9.87. The fourth-order valence-corrected chi connectivity index (χ4v) is 2.91. The molecule has 22 heavy (non-hydrogen) atoms. The predicted octanol–water partition coefficient (Wildman–Crippen LogP) is 3.09. The van der Waals surface area contributed by atoms with E-state index in [1.165, 1.54) is 25.3 Å². The molecule has 0 radical (unpaired) electrons. The summed E-state index contributed by atoms with van der Waals surface area (Å²) in [6.45, 7) is 0.943. The van der Waals surface area contributed by atoms with Gasteiger partial charge in [0.2, 0.25) is 5.91 Å². The Kier molecular flexibility index (Phi) is 6.18. The van der Waals surface area contributed by atoms with Crippen molar-refractivity contribution in [1.82, 2.24) is 5.32 Å². The van der Waals surface area contributed by atoms with Crippen LogP contribution in [0.25, 0.3) is 0 Å². The Morgan fingerprint density at radius 1 is 1.18 bits per heavy atom. The molecule has 0 heterocycles. The number of carbonyl (C=O) groups excluding carboxylic acids is 1. The van der Waals surface area contributed by atoms with Crippen molar-refractivity contribution in [1.29, 1.82) is 0 Å². The van der Waals surface area contributed by atoms with Crippen molar-refractivity contribution < 1.29 is 9.72 Å². The van der Waals surface area contributed by atoms with Crippen LogP contribution in [0.15, 0.2) is 24.3 Å². The zero-order valence-corrected chi connectivity index (χ0v) is 12.7. The van der Waals surface area contributed by atoms with E-state index in [2.05, 4.69) is 10.6 Å². The first-order valence-corrected chi connectivity index (χ1v) is 7.91. The van der Waals surface area contributed by atoms with Crippen molar-refractivity contribution in [3.8, 4) is 0 Å². The van der Waals surface area contributed by atoms with Crippen LogP contribution in [-0.2, 0) is 4.79 Å². The lowest BCUT2D eigenvalue weighted by Gasteiger charge is -2.20. The highest BCUT2D eigenvalue weighted by Crippen LogP contribution is 2.26. The van der Waals surface area contributed by atoms with Gasteiger partial charge in [-0.05, 0) is 24.8 Å². The van der Waals surface area contributed by atoms with Gasteiger partial charge in [-0.3, -0.25) is 14.9 Å². The second-order valence-corrected chi connectivity index (χ2v) is 5.76. The molecule has 1 aliphatic rings. The van der Waals surface area contributed by atoms with E-state index < -0.39 is 4.92 Å². The van der Waals surface area contributed by atoms with Gasteiger partial charge in [0.15, 0.2) is 0 Å². The number of amides is 1. The highest BCUT2D eigenvalue weighted by molar-refractivity contribution is 5.76. The second kappa shape index (κ2) is 8.36. The standard InChI is InChI=1S/C16H23N3O3/c20-16(12-13-6-2-1-3-7-13)18-11-10-17-14-8-4-5-9-15(14)19(21)22/h4-5,8-9,13,17H,1-3,6-7,10-12H2,(H,18,20). The van der Waals surface area contributed by atoms with Gasteiger partial charge in [0, 0.05) is 25.6 Å². The first kappa shape index (κ1) is 16.3. The van der Waals surface area contributed by atoms with Gasteiger partial charge < -0.3 is 10.6 Å². The average Bonchev–Trinajstić information content (AvgIpc) is 2.53. The minimum atomic E-state index is -0.413. The minimum absolute atomic E-state index is 0.0519. The fraction of sp³-hybridized carbons (Fsp3) is 0.562. The molecule has 6 nitrogen and oxygen atoms in total. The number of nitro benzene ring substituents is 1. The first-order chi connectivity index (χ1) is 10.7. The Labute approximate surface area is 130 Å². The van der Waals surface area contributed by atoms with Gasteiger partial charge >= 0.3 is 0 Å². The summed E-state index contributed by atoms with van der Waals surface area (Å²) < 4.78 is 0. The smallest absolute Gasteiger partial charge is 0.292 e. The van der Waals surface area contributed by atoms with E-state index in [-0.39, 0.29) is 11.6 Å². The molecular weight excluding hydrogens is 282 g/mol. The van der Waals surface area contributed by atoms with E-state index in [4.69, 9.17) is 0 Å². The molecular formula is C16H23N3O3. The molecule has 1 aromatic carbocycles. The van der Waals surface area contributed by atoms with Crippen LogP contribution in [0.5, 0.6) is 0 Å². The van der Waals surface area contributed by atoms with E-state index in [1.807, 2.05) is 0 Å². The van der Waals surface area contributed by atoms with E-state index in [1.54, 1.807) is 18.2 Å². The third kappa shape index (κ3) is 5.02. The molecule has 0 saturated heterocycles. The normalized spacial score (nSPS) is 15.3. The molecule has 2 rings (SSSR count). The van der Waals surface area contributed by atoms with E-state index >= 15 is 0 Å². The van der Waals surface area contributed by atoms with Crippen LogP contribution in [-0.4, -0.2) is 23.9 Å². The summed E-state index contributed by atoms with van der Waals surface area (Å²) in [6, 6.07) is 6.51. The van der Waals surface area contributed by atoms with E-state index in [9.17, 15) is 14.9 Å². The molecule has 0 spiro atoms. The zero-order valence-electron chi connectivity index (χ0n) is 12.7. The number of nitro groups is 1. The van der Waals surface area contributed by atoms with E-state index in [0.717, 1.165) is 12.8 Å². The molecule has 0 bridgehead atoms. The summed E-state index contributed by atoms with van der Waals surface area (Å²) in [5.41, 5.74) is 0.532. The number of nitrogens with zero attached hydrogens (tertiary/aromatic N) is 1. The second-order valence-electron chi connectivity index (χ2n) is 5.76. The van der Waals surface area contributed by atoms with Crippen LogP contribution >= 0.6 is 0 Å². The van der Waals surface area contributed by atoms with Crippen LogP contribution < -0.4 is 10.6 Å². The zero-order chi connectivity index (χ0) is 15.8. The Balaban J connectivity index is 1.68. The molecule has 0 unspecified atom stereocenters. The summed E-state index contributed by atoms with van der Waals surface area (Å²) in [6.07, 6.45) is 6.67. The van der Waals surface area contributed by atoms with Crippen LogP contribution in [0.2, 0.25) is 0 Å². The number of hydrogen-bond acceptors (Lipinski definition) is 4. The van der Waals surface area contributed by atoms with Crippen molar-refractivity contribution in [3.63, 3.8) is 0 Å². The molecule has 120 valence electrons. The van der Waals surface area contributed by atoms with Crippen molar-refractivity contribution >= 4 is 17.3 Å². The quantitative estimate of drug-likeness (QED) is 0.460. The molecule has 0 aliphatic heterocycles. The summed E-state index contributed by atoms with van der Waals surface area (Å²) >= 11 is 0. The Hall–Kier alpha value is -2.11. The van der Waals surface area contributed by atoms with Gasteiger partial charge in [0.05, 0.1) is 4.92 Å². The molecule has 0 aromatic heterocycles. The first-order valence-electron chi connectivity index (χ1n) is 7.91. The molecule has 1 aliphatic carbocycles. The highest BCUT2D eigenvalue weighted by atomic mass is 16.6. The van der Waals surface area contributed by atoms with Gasteiger partial charge in [-0.25, -0.2) is 0 Å². The Bertz CT molecular complexity index is 513. The van der Waals surface area contributed by atoms with Gasteiger partial charge in [-0.2, -0.15) is 0 Å². The number of anilines is 1. The Morgan fingerprint density at radius 3 is 2.64 bits per heavy atom. The van der Waals surface area contributed by atoms with Crippen LogP contribution in [0.3, 0.4) is 0 Å². The predicted molar refractivity (Wildman–Crippen MR) is 85.8 cm³/mol. The average molecular weight is 305 g/mol. The molecule has 6 heteroatoms. The number of nitrogens with one attached hydrogen (secondary N) is 2. The van der Waals surface area contributed by atoms with Gasteiger partial charge in [0.25, 0.3) is 5.69 Å². The molecule has 0 atom stereocenters. The third-order valence-electron chi connectivity index (χ3n) is 4.06. The minimum Gasteiger partial charge on any atom is -0.378 e. The summed E-state index contributed by atoms with van der Waals surface area (Å²) in [5, 5.41) is 16.8. The van der Waals surface area contributed by atoms with E-state index in [0.29, 0.717) is 31.1 Å². The number of para-hydroxylation sites is 2. The maximum atomic E-state index is 11.9. The van der Waals surface area contributed by atoms with Crippen molar-refractivity contribution in [2.75, 3.05) is 18.4 Å². The maximum absolute atomic E-state index is 11.9. The Morgan fingerprint density at radius 2 is 1.91 bits per heavy atom. The molecule has 1 amide bonds.